The van der Waals surface area contributed by atoms with E-state index in [2.05, 4.69) is 160 Å². The molecule has 2 rings (SSSR count). The third-order valence-electron chi connectivity index (χ3n) is 7.67. The van der Waals surface area contributed by atoms with Crippen LogP contribution >= 0.6 is 0 Å². The van der Waals surface area contributed by atoms with Crippen LogP contribution in [0.2, 0.25) is 52.4 Å². The van der Waals surface area contributed by atoms with Crippen molar-refractivity contribution in [1.82, 2.24) is 0 Å². The normalized spacial score (nSPS) is 14.0. The fourth-order valence-electron chi connectivity index (χ4n) is 5.21. The van der Waals surface area contributed by atoms with Gasteiger partial charge in [-0.2, -0.15) is 0 Å². The number of benzene rings is 2. The molecular formula is C36H64O2Si4. The summed E-state index contributed by atoms with van der Waals surface area (Å²) in [4.78, 5) is 0. The van der Waals surface area contributed by atoms with Gasteiger partial charge < -0.3 is 8.85 Å². The molecule has 6 heteroatoms. The maximum Gasteiger partial charge on any atom is 0.242 e. The summed E-state index contributed by atoms with van der Waals surface area (Å²) in [6, 6.07) is 10.0. The molecule has 0 unspecified atom stereocenters. The van der Waals surface area contributed by atoms with Crippen molar-refractivity contribution in [2.45, 2.75) is 157 Å². The number of hydrogen-bond acceptors (Lipinski definition) is 2. The Morgan fingerprint density at radius 2 is 0.595 bits per heavy atom. The van der Waals surface area contributed by atoms with Crippen LogP contribution in [0.3, 0.4) is 0 Å². The fourth-order valence-corrected chi connectivity index (χ4v) is 9.23. The maximum atomic E-state index is 6.92. The molecule has 0 bridgehead atoms. The van der Waals surface area contributed by atoms with Crippen molar-refractivity contribution in [3.05, 3.63) is 46.5 Å². The van der Waals surface area contributed by atoms with E-state index in [1.165, 1.54) is 32.6 Å². The highest BCUT2D eigenvalue weighted by atomic mass is 28.4. The SMILES string of the molecule is CC(C)(C)c1cc([Si](C)(C)c2cc(C(C)(C)C)c(O[Si](C)(C)C)c(C(C)(C)C)c2)cc(C(C)(C)C)c1O[Si](C)(C)C.[Si]. The molecule has 2 aromatic rings. The Kier molecular flexibility index (Phi) is 11.1. The third-order valence-corrected chi connectivity index (χ3v) is 12.8. The van der Waals surface area contributed by atoms with Crippen molar-refractivity contribution in [2.75, 3.05) is 0 Å². The lowest BCUT2D eigenvalue weighted by Gasteiger charge is -2.38. The third kappa shape index (κ3) is 9.45. The molecule has 4 radical (unpaired) electrons. The van der Waals surface area contributed by atoms with Crippen LogP contribution in [-0.2, 0) is 21.7 Å². The van der Waals surface area contributed by atoms with E-state index >= 15 is 0 Å². The molecule has 2 aromatic carbocycles. The van der Waals surface area contributed by atoms with Crippen LogP contribution in [0.25, 0.3) is 0 Å². The van der Waals surface area contributed by atoms with Crippen molar-refractivity contribution < 1.29 is 8.85 Å². The van der Waals surface area contributed by atoms with Gasteiger partial charge in [-0.3, -0.25) is 0 Å². The summed E-state index contributed by atoms with van der Waals surface area (Å²) in [5.41, 5.74) is 5.25. The summed E-state index contributed by atoms with van der Waals surface area (Å²) in [7, 11) is -5.80. The second kappa shape index (κ2) is 12.0. The first-order valence-electron chi connectivity index (χ1n) is 15.6. The van der Waals surface area contributed by atoms with E-state index in [1.807, 2.05) is 0 Å². The van der Waals surface area contributed by atoms with Crippen LogP contribution in [0.4, 0.5) is 0 Å². The minimum Gasteiger partial charge on any atom is -0.544 e. The van der Waals surface area contributed by atoms with E-state index in [0.717, 1.165) is 11.5 Å². The lowest BCUT2D eigenvalue weighted by Crippen LogP contribution is -2.54. The predicted molar refractivity (Wildman–Crippen MR) is 198 cm³/mol. The summed E-state index contributed by atoms with van der Waals surface area (Å²) in [5.74, 6) is 2.25. The zero-order valence-electron chi connectivity index (χ0n) is 31.1. The quantitative estimate of drug-likeness (QED) is 0.293. The molecule has 0 amide bonds. The first-order valence-corrected chi connectivity index (χ1v) is 25.4. The molecule has 0 spiro atoms. The number of hydrogen-bond donors (Lipinski definition) is 0. The molecule has 0 aliphatic heterocycles. The average Bonchev–Trinajstić information content (AvgIpc) is 2.67. The monoisotopic (exact) mass is 640 g/mol. The topological polar surface area (TPSA) is 18.5 Å². The predicted octanol–water partition coefficient (Wildman–Crippen LogP) is 9.75. The van der Waals surface area contributed by atoms with Crippen molar-refractivity contribution in [3.63, 3.8) is 0 Å². The van der Waals surface area contributed by atoms with E-state index in [1.54, 1.807) is 0 Å². The van der Waals surface area contributed by atoms with E-state index in [0.29, 0.717) is 0 Å². The molecule has 0 aromatic heterocycles. The van der Waals surface area contributed by atoms with Gasteiger partial charge in [0.05, 0.1) is 0 Å². The Balaban J connectivity index is 0.00000882. The van der Waals surface area contributed by atoms with Gasteiger partial charge in [0.15, 0.2) is 0 Å². The molecule has 0 saturated heterocycles. The Hall–Kier alpha value is -1.09. The van der Waals surface area contributed by atoms with E-state index < -0.39 is 24.7 Å². The molecule has 0 aliphatic rings. The van der Waals surface area contributed by atoms with Gasteiger partial charge in [-0.15, -0.1) is 0 Å². The Morgan fingerprint density at radius 1 is 0.405 bits per heavy atom. The second-order valence-corrected chi connectivity index (χ2v) is 32.1. The lowest BCUT2D eigenvalue weighted by molar-refractivity contribution is 0.477. The van der Waals surface area contributed by atoms with E-state index in [9.17, 15) is 0 Å². The first kappa shape index (κ1) is 38.9. The van der Waals surface area contributed by atoms with Crippen LogP contribution in [-0.4, -0.2) is 35.7 Å². The van der Waals surface area contributed by atoms with E-state index in [4.69, 9.17) is 8.85 Å². The van der Waals surface area contributed by atoms with Gasteiger partial charge >= 0.3 is 0 Å². The highest BCUT2D eigenvalue weighted by Crippen LogP contribution is 2.43. The standard InChI is InChI=1S/C36H64O2Si3.Si/c1-33(2,3)27-21-25(22-28(34(4,5)6)31(27)37-39(13,14)15)41(19,20)26-23-29(35(7,8)9)32(38-40(16,17)18)30(24-26)36(10,11)12;/h21-24H,1-20H3;. The Bertz CT molecular complexity index is 1080. The molecule has 2 nitrogen and oxygen atoms in total. The highest BCUT2D eigenvalue weighted by Gasteiger charge is 2.38. The summed E-state index contributed by atoms with van der Waals surface area (Å²) < 4.78 is 13.8. The zero-order valence-corrected chi connectivity index (χ0v) is 35.1. The first-order chi connectivity index (χ1) is 17.9. The summed E-state index contributed by atoms with van der Waals surface area (Å²) in [5, 5.41) is 2.96. The average molecular weight is 641 g/mol. The summed E-state index contributed by atoms with van der Waals surface area (Å²) >= 11 is 0. The van der Waals surface area contributed by atoms with Gasteiger partial charge in [0.25, 0.3) is 0 Å². The van der Waals surface area contributed by atoms with Gasteiger partial charge in [-0.1, -0.05) is 131 Å². The summed E-state index contributed by atoms with van der Waals surface area (Å²) in [6.07, 6.45) is 0. The van der Waals surface area contributed by atoms with Crippen molar-refractivity contribution >= 4 is 46.0 Å². The van der Waals surface area contributed by atoms with Crippen LogP contribution < -0.4 is 19.2 Å². The molecule has 0 heterocycles. The molecule has 0 saturated carbocycles. The van der Waals surface area contributed by atoms with Gasteiger partial charge in [0.1, 0.15) is 19.6 Å². The fraction of sp³-hybridized carbons (Fsp3) is 0.667. The largest absolute Gasteiger partial charge is 0.544 e. The molecular weight excluding hydrogens is 577 g/mol. The smallest absolute Gasteiger partial charge is 0.242 e. The number of rotatable bonds is 6. The lowest BCUT2D eigenvalue weighted by atomic mass is 9.79. The molecule has 236 valence electrons. The van der Waals surface area contributed by atoms with Crippen molar-refractivity contribution in [1.29, 1.82) is 0 Å². The van der Waals surface area contributed by atoms with Crippen molar-refractivity contribution in [3.8, 4) is 11.5 Å². The van der Waals surface area contributed by atoms with Crippen molar-refractivity contribution in [2.24, 2.45) is 0 Å². The van der Waals surface area contributed by atoms with Crippen LogP contribution in [0, 0.1) is 0 Å². The maximum absolute atomic E-state index is 6.92. The van der Waals surface area contributed by atoms with Gasteiger partial charge in [0.2, 0.25) is 16.6 Å². The summed E-state index contributed by atoms with van der Waals surface area (Å²) in [6.45, 7) is 46.9. The van der Waals surface area contributed by atoms with Gasteiger partial charge in [0, 0.05) is 11.0 Å². The molecule has 0 N–H and O–H groups in total. The van der Waals surface area contributed by atoms with Crippen LogP contribution in [0.1, 0.15) is 105 Å². The minimum absolute atomic E-state index is 0. The zero-order chi connectivity index (χ0) is 32.4. The molecule has 0 aliphatic carbocycles. The van der Waals surface area contributed by atoms with Crippen LogP contribution in [0.15, 0.2) is 24.3 Å². The van der Waals surface area contributed by atoms with Crippen LogP contribution in [0.5, 0.6) is 11.5 Å². The van der Waals surface area contributed by atoms with Gasteiger partial charge in [-0.25, -0.2) is 0 Å². The Labute approximate surface area is 269 Å². The van der Waals surface area contributed by atoms with Gasteiger partial charge in [-0.05, 0) is 83.2 Å². The minimum atomic E-state index is -2.15. The molecule has 42 heavy (non-hydrogen) atoms. The van der Waals surface area contributed by atoms with E-state index in [-0.39, 0.29) is 32.6 Å². The second-order valence-electron chi connectivity index (χ2n) is 18.9. The molecule has 0 atom stereocenters. The molecule has 0 fully saturated rings. The Morgan fingerprint density at radius 3 is 0.738 bits per heavy atom. The highest BCUT2D eigenvalue weighted by molar-refractivity contribution is 7.00.